The van der Waals surface area contributed by atoms with Gasteiger partial charge in [0.1, 0.15) is 0 Å². The molecule has 0 aliphatic carbocycles. The van der Waals surface area contributed by atoms with Gasteiger partial charge in [0.15, 0.2) is 11.9 Å². The number of rotatable bonds is 3. The summed E-state index contributed by atoms with van der Waals surface area (Å²) >= 11 is 9.25. The van der Waals surface area contributed by atoms with Crippen LogP contribution in [0.2, 0.25) is 5.02 Å². The molecule has 0 fully saturated rings. The van der Waals surface area contributed by atoms with Gasteiger partial charge in [-0.25, -0.2) is 9.48 Å². The van der Waals surface area contributed by atoms with Gasteiger partial charge in [-0.3, -0.25) is 0 Å². The number of aromatic nitrogens is 4. The first kappa shape index (κ1) is 13.0. The van der Waals surface area contributed by atoms with Crippen molar-refractivity contribution in [1.29, 1.82) is 0 Å². The van der Waals surface area contributed by atoms with Crippen LogP contribution in [-0.4, -0.2) is 31.3 Å². The minimum atomic E-state index is -1.01. The molecule has 0 saturated heterocycles. The Morgan fingerprint density at radius 3 is 2.83 bits per heavy atom. The Kier molecular flexibility index (Phi) is 3.63. The third-order valence-corrected chi connectivity index (χ3v) is 3.01. The highest BCUT2D eigenvalue weighted by atomic mass is 79.9. The summed E-state index contributed by atoms with van der Waals surface area (Å²) in [5, 5.41) is 20.5. The average molecular weight is 332 g/mol. The van der Waals surface area contributed by atoms with Gasteiger partial charge in [-0.1, -0.05) is 27.5 Å². The molecule has 0 amide bonds. The highest BCUT2D eigenvalue weighted by molar-refractivity contribution is 9.10. The highest BCUT2D eigenvalue weighted by Crippen LogP contribution is 2.26. The van der Waals surface area contributed by atoms with E-state index in [1.54, 1.807) is 18.2 Å². The number of tetrazole rings is 1. The van der Waals surface area contributed by atoms with E-state index in [0.29, 0.717) is 16.4 Å². The second-order valence-electron chi connectivity index (χ2n) is 3.62. The number of carboxylic acid groups (broad SMARTS) is 1. The van der Waals surface area contributed by atoms with Crippen LogP contribution >= 0.6 is 27.5 Å². The van der Waals surface area contributed by atoms with Gasteiger partial charge in [-0.15, -0.1) is 5.10 Å². The molecule has 1 heterocycles. The Balaban J connectivity index is 2.51. The fraction of sp³-hybridized carbons (Fsp3) is 0.200. The summed E-state index contributed by atoms with van der Waals surface area (Å²) in [6.45, 7) is 1.50. The fourth-order valence-electron chi connectivity index (χ4n) is 1.43. The normalized spacial score (nSPS) is 12.4. The molecule has 1 aromatic carbocycles. The predicted molar refractivity (Wildman–Crippen MR) is 68.3 cm³/mol. The lowest BCUT2D eigenvalue weighted by molar-refractivity contribution is -0.140. The maximum absolute atomic E-state index is 11.0. The SMILES string of the molecule is CC(C(=O)O)n1nnnc1-c1cc(Cl)cc(Br)c1. The Hall–Kier alpha value is -1.47. The second kappa shape index (κ2) is 5.03. The number of carbonyl (C=O) groups is 1. The molecule has 18 heavy (non-hydrogen) atoms. The maximum atomic E-state index is 11.0. The van der Waals surface area contributed by atoms with Crippen molar-refractivity contribution < 1.29 is 9.90 Å². The summed E-state index contributed by atoms with van der Waals surface area (Å²) in [5.41, 5.74) is 0.646. The van der Waals surface area contributed by atoms with Crippen molar-refractivity contribution in [3.05, 3.63) is 27.7 Å². The predicted octanol–water partition coefficient (Wildman–Crippen LogP) is 2.40. The van der Waals surface area contributed by atoms with Gasteiger partial charge < -0.3 is 5.11 Å². The van der Waals surface area contributed by atoms with Crippen LogP contribution in [0.1, 0.15) is 13.0 Å². The van der Waals surface area contributed by atoms with Crippen LogP contribution in [0.25, 0.3) is 11.4 Å². The zero-order valence-corrected chi connectivity index (χ0v) is 11.6. The van der Waals surface area contributed by atoms with E-state index in [1.807, 2.05) is 0 Å². The van der Waals surface area contributed by atoms with Gasteiger partial charge in [-0.05, 0) is 35.5 Å². The lowest BCUT2D eigenvalue weighted by Crippen LogP contribution is -2.18. The first-order chi connectivity index (χ1) is 8.49. The van der Waals surface area contributed by atoms with Gasteiger partial charge in [0, 0.05) is 15.1 Å². The van der Waals surface area contributed by atoms with E-state index in [2.05, 4.69) is 31.5 Å². The van der Waals surface area contributed by atoms with Crippen LogP contribution in [0, 0.1) is 0 Å². The van der Waals surface area contributed by atoms with Crippen molar-refractivity contribution >= 4 is 33.5 Å². The number of hydrogen-bond donors (Lipinski definition) is 1. The average Bonchev–Trinajstić information content (AvgIpc) is 2.75. The molecule has 8 heteroatoms. The molecule has 0 aliphatic rings. The summed E-state index contributed by atoms with van der Waals surface area (Å²) in [6.07, 6.45) is 0. The summed E-state index contributed by atoms with van der Waals surface area (Å²) in [4.78, 5) is 11.0. The third kappa shape index (κ3) is 2.51. The Bertz CT molecular complexity index is 581. The molecule has 6 nitrogen and oxygen atoms in total. The molecule has 1 atom stereocenters. The molecule has 94 valence electrons. The molecule has 1 N–H and O–H groups in total. The maximum Gasteiger partial charge on any atom is 0.328 e. The van der Waals surface area contributed by atoms with E-state index in [1.165, 1.54) is 11.6 Å². The van der Waals surface area contributed by atoms with E-state index in [4.69, 9.17) is 16.7 Å². The van der Waals surface area contributed by atoms with Crippen molar-refractivity contribution in [2.45, 2.75) is 13.0 Å². The third-order valence-electron chi connectivity index (χ3n) is 2.34. The molecule has 0 saturated carbocycles. The quantitative estimate of drug-likeness (QED) is 0.934. The molecule has 1 aromatic heterocycles. The largest absolute Gasteiger partial charge is 0.480 e. The van der Waals surface area contributed by atoms with Crippen LogP contribution in [0.4, 0.5) is 0 Å². The second-order valence-corrected chi connectivity index (χ2v) is 4.97. The Labute approximate surface area is 116 Å². The molecule has 0 aliphatic heterocycles. The molecule has 0 bridgehead atoms. The van der Waals surface area contributed by atoms with Crippen molar-refractivity contribution in [3.8, 4) is 11.4 Å². The molecule has 0 radical (unpaired) electrons. The number of carboxylic acids is 1. The molecule has 2 rings (SSSR count). The molecule has 0 spiro atoms. The van der Waals surface area contributed by atoms with Gasteiger partial charge in [0.25, 0.3) is 0 Å². The minimum Gasteiger partial charge on any atom is -0.480 e. The smallest absolute Gasteiger partial charge is 0.328 e. The number of nitrogens with zero attached hydrogens (tertiary/aromatic N) is 4. The van der Waals surface area contributed by atoms with Gasteiger partial charge in [-0.2, -0.15) is 0 Å². The van der Waals surface area contributed by atoms with E-state index in [-0.39, 0.29) is 0 Å². The van der Waals surface area contributed by atoms with Crippen LogP contribution in [-0.2, 0) is 4.79 Å². The van der Waals surface area contributed by atoms with Crippen LogP contribution in [0.5, 0.6) is 0 Å². The van der Waals surface area contributed by atoms with Crippen LogP contribution in [0.3, 0.4) is 0 Å². The zero-order valence-electron chi connectivity index (χ0n) is 9.21. The molecule has 2 aromatic rings. The molecule has 1 unspecified atom stereocenters. The van der Waals surface area contributed by atoms with Gasteiger partial charge in [0.05, 0.1) is 0 Å². The topological polar surface area (TPSA) is 80.9 Å². The number of halogens is 2. The monoisotopic (exact) mass is 330 g/mol. The van der Waals surface area contributed by atoms with Crippen molar-refractivity contribution in [3.63, 3.8) is 0 Å². The lowest BCUT2D eigenvalue weighted by Gasteiger charge is -2.09. The summed E-state index contributed by atoms with van der Waals surface area (Å²) in [7, 11) is 0. The van der Waals surface area contributed by atoms with E-state index < -0.39 is 12.0 Å². The number of aliphatic carboxylic acids is 1. The van der Waals surface area contributed by atoms with Crippen molar-refractivity contribution in [2.75, 3.05) is 0 Å². The fourth-order valence-corrected chi connectivity index (χ4v) is 2.29. The van der Waals surface area contributed by atoms with Gasteiger partial charge in [0.2, 0.25) is 0 Å². The van der Waals surface area contributed by atoms with E-state index in [0.717, 1.165) is 4.47 Å². The number of benzene rings is 1. The first-order valence-electron chi connectivity index (χ1n) is 4.96. The Morgan fingerprint density at radius 2 is 2.22 bits per heavy atom. The van der Waals surface area contributed by atoms with E-state index >= 15 is 0 Å². The van der Waals surface area contributed by atoms with Gasteiger partial charge >= 0.3 is 5.97 Å². The van der Waals surface area contributed by atoms with Crippen molar-refractivity contribution in [2.24, 2.45) is 0 Å². The lowest BCUT2D eigenvalue weighted by atomic mass is 10.2. The summed E-state index contributed by atoms with van der Waals surface area (Å²) in [6, 6.07) is 4.30. The van der Waals surface area contributed by atoms with Crippen LogP contribution < -0.4 is 0 Å². The Morgan fingerprint density at radius 1 is 1.50 bits per heavy atom. The first-order valence-corrected chi connectivity index (χ1v) is 6.13. The number of hydrogen-bond acceptors (Lipinski definition) is 4. The minimum absolute atomic E-state index is 0.355. The zero-order chi connectivity index (χ0) is 13.3. The van der Waals surface area contributed by atoms with Crippen LogP contribution in [0.15, 0.2) is 22.7 Å². The summed E-state index contributed by atoms with van der Waals surface area (Å²) in [5.74, 6) is -0.655. The highest BCUT2D eigenvalue weighted by Gasteiger charge is 2.20. The molecular formula is C10H8BrClN4O2. The molecular weight excluding hydrogens is 323 g/mol. The van der Waals surface area contributed by atoms with Crippen molar-refractivity contribution in [1.82, 2.24) is 20.2 Å². The van der Waals surface area contributed by atoms with E-state index in [9.17, 15) is 4.79 Å². The standard InChI is InChI=1S/C10H8BrClN4O2/c1-5(10(17)18)16-9(13-14-15-16)6-2-7(11)4-8(12)3-6/h2-5H,1H3,(H,17,18). The summed E-state index contributed by atoms with van der Waals surface area (Å²) < 4.78 is 2.00.